The first-order chi connectivity index (χ1) is 7.74. The smallest absolute Gasteiger partial charge is 0.241 e. The third kappa shape index (κ3) is 5.73. The molecule has 0 heterocycles. The summed E-state index contributed by atoms with van der Waals surface area (Å²) < 4.78 is 0. The molecule has 1 aliphatic carbocycles. The molecular weight excluding hydrogens is 204 g/mol. The van der Waals surface area contributed by atoms with E-state index in [2.05, 4.69) is 17.8 Å². The Labute approximate surface area is 97.1 Å². The number of hydrogen-bond donors (Lipinski definition) is 2. The average molecular weight is 226 g/mol. The van der Waals surface area contributed by atoms with Gasteiger partial charge in [-0.25, -0.2) is 0 Å². The number of carbonyl (C=O) groups is 2. The van der Waals surface area contributed by atoms with Gasteiger partial charge in [-0.05, 0) is 19.3 Å². The summed E-state index contributed by atoms with van der Waals surface area (Å²) in [5.41, 5.74) is 4.91. The molecule has 0 atom stereocenters. The first kappa shape index (κ1) is 13.0. The summed E-state index contributed by atoms with van der Waals surface area (Å²) in [5, 5.41) is 0. The SMILES string of the molecule is CCCCCCCC(=O)NNC(=O)C1CC1. The zero-order valence-corrected chi connectivity index (χ0v) is 10.1. The van der Waals surface area contributed by atoms with Crippen LogP contribution in [0.4, 0.5) is 0 Å². The summed E-state index contributed by atoms with van der Waals surface area (Å²) in [6.45, 7) is 2.17. The van der Waals surface area contributed by atoms with E-state index in [-0.39, 0.29) is 17.7 Å². The third-order valence-corrected chi connectivity index (χ3v) is 2.78. The zero-order valence-electron chi connectivity index (χ0n) is 10.1. The highest BCUT2D eigenvalue weighted by Gasteiger charge is 2.29. The molecule has 4 nitrogen and oxygen atoms in total. The van der Waals surface area contributed by atoms with Gasteiger partial charge in [0.2, 0.25) is 11.8 Å². The lowest BCUT2D eigenvalue weighted by molar-refractivity contribution is -0.129. The van der Waals surface area contributed by atoms with Crippen LogP contribution in [0.5, 0.6) is 0 Å². The molecule has 2 amide bonds. The van der Waals surface area contributed by atoms with Crippen molar-refractivity contribution in [2.45, 2.75) is 58.3 Å². The van der Waals surface area contributed by atoms with Crippen LogP contribution in [0.3, 0.4) is 0 Å². The maximum Gasteiger partial charge on any atom is 0.241 e. The van der Waals surface area contributed by atoms with Gasteiger partial charge in [0.15, 0.2) is 0 Å². The highest BCUT2D eigenvalue weighted by atomic mass is 16.2. The fourth-order valence-electron chi connectivity index (χ4n) is 1.53. The van der Waals surface area contributed by atoms with Crippen molar-refractivity contribution in [3.8, 4) is 0 Å². The molecule has 2 N–H and O–H groups in total. The van der Waals surface area contributed by atoms with Crippen LogP contribution in [0.2, 0.25) is 0 Å². The van der Waals surface area contributed by atoms with Gasteiger partial charge < -0.3 is 0 Å². The Kier molecular flexibility index (Phi) is 5.90. The summed E-state index contributed by atoms with van der Waals surface area (Å²) in [6, 6.07) is 0. The lowest BCUT2D eigenvalue weighted by Crippen LogP contribution is -2.42. The van der Waals surface area contributed by atoms with E-state index in [0.29, 0.717) is 6.42 Å². The Hall–Kier alpha value is -1.06. The second kappa shape index (κ2) is 7.25. The molecule has 0 aliphatic heterocycles. The molecule has 1 rings (SSSR count). The van der Waals surface area contributed by atoms with Crippen LogP contribution in [0.1, 0.15) is 58.3 Å². The number of unbranched alkanes of at least 4 members (excludes halogenated alkanes) is 4. The van der Waals surface area contributed by atoms with Gasteiger partial charge in [0, 0.05) is 12.3 Å². The quantitative estimate of drug-likeness (QED) is 0.514. The number of hydrogen-bond acceptors (Lipinski definition) is 2. The Morgan fingerprint density at radius 1 is 1.06 bits per heavy atom. The van der Waals surface area contributed by atoms with Gasteiger partial charge in [0.25, 0.3) is 0 Å². The molecule has 4 heteroatoms. The maximum atomic E-state index is 11.3. The fourth-order valence-corrected chi connectivity index (χ4v) is 1.53. The highest BCUT2D eigenvalue weighted by Crippen LogP contribution is 2.28. The van der Waals surface area contributed by atoms with E-state index in [1.165, 1.54) is 19.3 Å². The van der Waals surface area contributed by atoms with E-state index in [1.54, 1.807) is 0 Å². The topological polar surface area (TPSA) is 58.2 Å². The normalized spacial score (nSPS) is 14.6. The lowest BCUT2D eigenvalue weighted by atomic mass is 10.1. The molecule has 92 valence electrons. The van der Waals surface area contributed by atoms with Crippen LogP contribution < -0.4 is 10.9 Å². The van der Waals surface area contributed by atoms with Crippen LogP contribution in [0.15, 0.2) is 0 Å². The largest absolute Gasteiger partial charge is 0.273 e. The molecule has 0 saturated heterocycles. The first-order valence-electron chi connectivity index (χ1n) is 6.32. The van der Waals surface area contributed by atoms with Crippen molar-refractivity contribution < 1.29 is 9.59 Å². The van der Waals surface area contributed by atoms with E-state index in [9.17, 15) is 9.59 Å². The predicted molar refractivity (Wildman–Crippen MR) is 62.4 cm³/mol. The van der Waals surface area contributed by atoms with Gasteiger partial charge in [-0.2, -0.15) is 0 Å². The molecule has 0 unspecified atom stereocenters. The number of amides is 2. The van der Waals surface area contributed by atoms with Gasteiger partial charge in [-0.1, -0.05) is 32.6 Å². The lowest BCUT2D eigenvalue weighted by Gasteiger charge is -2.06. The van der Waals surface area contributed by atoms with Crippen LogP contribution in [0.25, 0.3) is 0 Å². The zero-order chi connectivity index (χ0) is 11.8. The minimum absolute atomic E-state index is 0.0423. The average Bonchev–Trinajstić information content (AvgIpc) is 3.09. The van der Waals surface area contributed by atoms with Gasteiger partial charge >= 0.3 is 0 Å². The third-order valence-electron chi connectivity index (χ3n) is 2.78. The van der Waals surface area contributed by atoms with Gasteiger partial charge in [0.1, 0.15) is 0 Å². The number of carbonyl (C=O) groups excluding carboxylic acids is 2. The molecule has 0 aromatic rings. The molecular formula is C12H22N2O2. The molecule has 0 aromatic carbocycles. The molecule has 0 radical (unpaired) electrons. The van der Waals surface area contributed by atoms with Gasteiger partial charge in [-0.15, -0.1) is 0 Å². The Morgan fingerprint density at radius 3 is 2.38 bits per heavy atom. The molecule has 1 aliphatic rings. The predicted octanol–water partition coefficient (Wildman–Crippen LogP) is 1.90. The highest BCUT2D eigenvalue weighted by molar-refractivity contribution is 5.84. The van der Waals surface area contributed by atoms with Crippen LogP contribution in [0, 0.1) is 5.92 Å². The van der Waals surface area contributed by atoms with Crippen LogP contribution in [-0.4, -0.2) is 11.8 Å². The summed E-state index contributed by atoms with van der Waals surface area (Å²) >= 11 is 0. The molecule has 16 heavy (non-hydrogen) atoms. The van der Waals surface area contributed by atoms with E-state index in [0.717, 1.165) is 25.7 Å². The Bertz CT molecular complexity index is 237. The van der Waals surface area contributed by atoms with Crippen molar-refractivity contribution in [3.63, 3.8) is 0 Å². The summed E-state index contributed by atoms with van der Waals surface area (Å²) in [6.07, 6.45) is 8.07. The monoisotopic (exact) mass is 226 g/mol. The Balaban J connectivity index is 1.91. The number of hydrazine groups is 1. The van der Waals surface area contributed by atoms with Crippen molar-refractivity contribution in [3.05, 3.63) is 0 Å². The standard InChI is InChI=1S/C12H22N2O2/c1-2-3-4-5-6-7-11(15)13-14-12(16)10-8-9-10/h10H,2-9H2,1H3,(H,13,15)(H,14,16). The summed E-state index contributed by atoms with van der Waals surface area (Å²) in [4.78, 5) is 22.5. The van der Waals surface area contributed by atoms with Crippen molar-refractivity contribution in [2.24, 2.45) is 5.92 Å². The molecule has 0 bridgehead atoms. The summed E-state index contributed by atoms with van der Waals surface area (Å²) in [5.74, 6) is 0.0229. The van der Waals surface area contributed by atoms with E-state index in [1.807, 2.05) is 0 Å². The maximum absolute atomic E-state index is 11.3. The number of rotatable bonds is 7. The van der Waals surface area contributed by atoms with Crippen molar-refractivity contribution in [1.29, 1.82) is 0 Å². The van der Waals surface area contributed by atoms with Crippen molar-refractivity contribution in [1.82, 2.24) is 10.9 Å². The van der Waals surface area contributed by atoms with Gasteiger partial charge in [0.05, 0.1) is 0 Å². The number of nitrogens with one attached hydrogen (secondary N) is 2. The first-order valence-corrected chi connectivity index (χ1v) is 6.32. The minimum Gasteiger partial charge on any atom is -0.273 e. The van der Waals surface area contributed by atoms with Crippen LogP contribution in [-0.2, 0) is 9.59 Å². The second-order valence-electron chi connectivity index (χ2n) is 4.48. The van der Waals surface area contributed by atoms with Crippen molar-refractivity contribution >= 4 is 11.8 Å². The molecule has 0 spiro atoms. The minimum atomic E-state index is -0.0782. The second-order valence-corrected chi connectivity index (χ2v) is 4.48. The molecule has 1 saturated carbocycles. The van der Waals surface area contributed by atoms with Crippen LogP contribution >= 0.6 is 0 Å². The Morgan fingerprint density at radius 2 is 1.75 bits per heavy atom. The van der Waals surface area contributed by atoms with Crippen molar-refractivity contribution in [2.75, 3.05) is 0 Å². The molecule has 0 aromatic heterocycles. The molecule has 1 fully saturated rings. The van der Waals surface area contributed by atoms with E-state index in [4.69, 9.17) is 0 Å². The van der Waals surface area contributed by atoms with Gasteiger partial charge in [-0.3, -0.25) is 20.4 Å². The van der Waals surface area contributed by atoms with E-state index >= 15 is 0 Å². The van der Waals surface area contributed by atoms with E-state index < -0.39 is 0 Å². The fraction of sp³-hybridized carbons (Fsp3) is 0.833. The summed E-state index contributed by atoms with van der Waals surface area (Å²) in [7, 11) is 0.